The van der Waals surface area contributed by atoms with Gasteiger partial charge < -0.3 is 10.8 Å². The molecule has 15 heavy (non-hydrogen) atoms. The highest BCUT2D eigenvalue weighted by Crippen LogP contribution is 2.24. The molecular formula is C10H16N2O2S. The number of carboxylic acids is 1. The summed E-state index contributed by atoms with van der Waals surface area (Å²) in [7, 11) is 1.79. The Kier molecular flexibility index (Phi) is 4.26. The predicted molar refractivity (Wildman–Crippen MR) is 61.0 cm³/mol. The molecule has 0 spiro atoms. The summed E-state index contributed by atoms with van der Waals surface area (Å²) >= 11 is 1.62. The highest BCUT2D eigenvalue weighted by molar-refractivity contribution is 7.10. The summed E-state index contributed by atoms with van der Waals surface area (Å²) in [6.07, 6.45) is 0. The first-order chi connectivity index (χ1) is 7.07. The van der Waals surface area contributed by atoms with Crippen LogP contribution >= 0.6 is 11.3 Å². The largest absolute Gasteiger partial charge is 0.480 e. The van der Waals surface area contributed by atoms with Crippen LogP contribution in [0.25, 0.3) is 0 Å². The molecule has 84 valence electrons. The van der Waals surface area contributed by atoms with Crippen molar-refractivity contribution in [3.63, 3.8) is 0 Å². The molecule has 4 nitrogen and oxygen atoms in total. The number of aliphatic carboxylic acids is 1. The molecule has 0 aliphatic carbocycles. The van der Waals surface area contributed by atoms with Gasteiger partial charge in [0.2, 0.25) is 0 Å². The minimum atomic E-state index is -0.872. The fourth-order valence-corrected chi connectivity index (χ4v) is 2.28. The Balaban J connectivity index is 2.75. The van der Waals surface area contributed by atoms with Gasteiger partial charge in [-0.05, 0) is 25.4 Å². The van der Waals surface area contributed by atoms with Crippen molar-refractivity contribution in [2.24, 2.45) is 5.73 Å². The topological polar surface area (TPSA) is 66.6 Å². The van der Waals surface area contributed by atoms with Gasteiger partial charge in [-0.1, -0.05) is 6.07 Å². The first-order valence-electron chi connectivity index (χ1n) is 4.76. The van der Waals surface area contributed by atoms with Gasteiger partial charge in [0, 0.05) is 17.5 Å². The molecule has 0 bridgehead atoms. The fourth-order valence-electron chi connectivity index (χ4n) is 1.44. The molecule has 5 heteroatoms. The first kappa shape index (κ1) is 12.2. The summed E-state index contributed by atoms with van der Waals surface area (Å²) in [5, 5.41) is 11.0. The molecule has 0 amide bonds. The lowest BCUT2D eigenvalue weighted by molar-refractivity contribution is -0.143. The number of nitrogens with zero attached hydrogens (tertiary/aromatic N) is 1. The normalized spacial score (nSPS) is 15.2. The lowest BCUT2D eigenvalue weighted by Crippen LogP contribution is -2.44. The predicted octanol–water partition coefficient (Wildman–Crippen LogP) is 1.15. The van der Waals surface area contributed by atoms with Crippen LogP contribution in [0.2, 0.25) is 0 Å². The van der Waals surface area contributed by atoms with Crippen molar-refractivity contribution in [2.75, 3.05) is 13.6 Å². The molecule has 0 saturated heterocycles. The van der Waals surface area contributed by atoms with Crippen molar-refractivity contribution >= 4 is 17.3 Å². The second kappa shape index (κ2) is 5.25. The molecule has 1 heterocycles. The summed E-state index contributed by atoms with van der Waals surface area (Å²) in [6.45, 7) is 2.11. The van der Waals surface area contributed by atoms with E-state index in [1.54, 1.807) is 23.3 Å². The minimum Gasteiger partial charge on any atom is -0.480 e. The number of likely N-dealkylation sites (N-methyl/N-ethyl adjacent to an activating group) is 1. The lowest BCUT2D eigenvalue weighted by atomic mass is 10.2. The number of nitrogens with two attached hydrogens (primary N) is 1. The van der Waals surface area contributed by atoms with Gasteiger partial charge in [-0.2, -0.15) is 0 Å². The molecule has 0 aromatic carbocycles. The average Bonchev–Trinajstić information content (AvgIpc) is 2.69. The second-order valence-electron chi connectivity index (χ2n) is 3.45. The van der Waals surface area contributed by atoms with Crippen LogP contribution in [0.15, 0.2) is 17.5 Å². The maximum absolute atomic E-state index is 10.9. The Morgan fingerprint density at radius 3 is 2.80 bits per heavy atom. The molecule has 1 rings (SSSR count). The smallest absolute Gasteiger partial charge is 0.322 e. The Morgan fingerprint density at radius 1 is 1.73 bits per heavy atom. The zero-order chi connectivity index (χ0) is 11.4. The third kappa shape index (κ3) is 2.77. The van der Waals surface area contributed by atoms with Gasteiger partial charge in [0.05, 0.1) is 0 Å². The Bertz CT molecular complexity index is 313. The summed E-state index contributed by atoms with van der Waals surface area (Å²) in [5.41, 5.74) is 5.45. The number of hydrogen-bond acceptors (Lipinski definition) is 4. The average molecular weight is 228 g/mol. The Labute approximate surface area is 93.3 Å². The summed E-state index contributed by atoms with van der Waals surface area (Å²) in [4.78, 5) is 13.9. The Morgan fingerprint density at radius 2 is 2.40 bits per heavy atom. The number of thiophene rings is 1. The van der Waals surface area contributed by atoms with Crippen LogP contribution in [0.1, 0.15) is 17.8 Å². The van der Waals surface area contributed by atoms with E-state index in [1.165, 1.54) is 0 Å². The molecular weight excluding hydrogens is 212 g/mol. The molecule has 2 atom stereocenters. The van der Waals surface area contributed by atoms with Gasteiger partial charge in [0.25, 0.3) is 0 Å². The van der Waals surface area contributed by atoms with Gasteiger partial charge in [-0.3, -0.25) is 9.69 Å². The van der Waals surface area contributed by atoms with Gasteiger partial charge in [-0.15, -0.1) is 11.3 Å². The third-order valence-corrected chi connectivity index (χ3v) is 3.61. The van der Waals surface area contributed by atoms with Crippen LogP contribution in [0.5, 0.6) is 0 Å². The lowest BCUT2D eigenvalue weighted by Gasteiger charge is -2.28. The highest BCUT2D eigenvalue weighted by Gasteiger charge is 2.25. The molecule has 2 unspecified atom stereocenters. The molecule has 3 N–H and O–H groups in total. The second-order valence-corrected chi connectivity index (χ2v) is 4.43. The van der Waals surface area contributed by atoms with Crippen molar-refractivity contribution in [1.29, 1.82) is 0 Å². The van der Waals surface area contributed by atoms with Gasteiger partial charge in [0.1, 0.15) is 6.04 Å². The SMILES string of the molecule is CC(c1cccs1)N(C)C(CN)C(=O)O. The van der Waals surface area contributed by atoms with Crippen LogP contribution in [0, 0.1) is 0 Å². The van der Waals surface area contributed by atoms with E-state index in [9.17, 15) is 4.79 Å². The number of carbonyl (C=O) groups is 1. The van der Waals surface area contributed by atoms with E-state index in [0.29, 0.717) is 0 Å². The fraction of sp³-hybridized carbons (Fsp3) is 0.500. The van der Waals surface area contributed by atoms with Gasteiger partial charge >= 0.3 is 5.97 Å². The number of hydrogen-bond donors (Lipinski definition) is 2. The van der Waals surface area contributed by atoms with Crippen LogP contribution in [0.4, 0.5) is 0 Å². The quantitative estimate of drug-likeness (QED) is 0.793. The summed E-state index contributed by atoms with van der Waals surface area (Å²) in [5.74, 6) is -0.872. The molecule has 1 aromatic rings. The van der Waals surface area contributed by atoms with E-state index < -0.39 is 12.0 Å². The highest BCUT2D eigenvalue weighted by atomic mass is 32.1. The third-order valence-electron chi connectivity index (χ3n) is 2.57. The van der Waals surface area contributed by atoms with E-state index in [0.717, 1.165) is 4.88 Å². The number of rotatable bonds is 5. The Hall–Kier alpha value is -0.910. The van der Waals surface area contributed by atoms with E-state index >= 15 is 0 Å². The van der Waals surface area contributed by atoms with E-state index in [2.05, 4.69) is 0 Å². The van der Waals surface area contributed by atoms with Gasteiger partial charge in [-0.25, -0.2) is 0 Å². The van der Waals surface area contributed by atoms with Crippen molar-refractivity contribution < 1.29 is 9.90 Å². The van der Waals surface area contributed by atoms with Gasteiger partial charge in [0.15, 0.2) is 0 Å². The monoisotopic (exact) mass is 228 g/mol. The van der Waals surface area contributed by atoms with E-state index in [1.807, 2.05) is 24.4 Å². The van der Waals surface area contributed by atoms with Crippen LogP contribution < -0.4 is 5.73 Å². The molecule has 1 aromatic heterocycles. The zero-order valence-electron chi connectivity index (χ0n) is 8.88. The standard InChI is InChI=1S/C10H16N2O2S/c1-7(9-4-3-5-15-9)12(2)8(6-11)10(13)14/h3-5,7-8H,6,11H2,1-2H3,(H,13,14). The van der Waals surface area contributed by atoms with Crippen molar-refractivity contribution in [1.82, 2.24) is 4.90 Å². The van der Waals surface area contributed by atoms with Crippen LogP contribution in [0.3, 0.4) is 0 Å². The van der Waals surface area contributed by atoms with Crippen molar-refractivity contribution in [3.8, 4) is 0 Å². The zero-order valence-corrected chi connectivity index (χ0v) is 9.70. The van der Waals surface area contributed by atoms with Crippen molar-refractivity contribution in [3.05, 3.63) is 22.4 Å². The first-order valence-corrected chi connectivity index (χ1v) is 5.64. The van der Waals surface area contributed by atoms with Crippen molar-refractivity contribution in [2.45, 2.75) is 19.0 Å². The van der Waals surface area contributed by atoms with E-state index in [-0.39, 0.29) is 12.6 Å². The molecule has 0 fully saturated rings. The van der Waals surface area contributed by atoms with Crippen LogP contribution in [-0.2, 0) is 4.79 Å². The number of carboxylic acid groups (broad SMARTS) is 1. The van der Waals surface area contributed by atoms with Crippen LogP contribution in [-0.4, -0.2) is 35.6 Å². The minimum absolute atomic E-state index is 0.0784. The molecule has 0 aliphatic heterocycles. The molecule has 0 saturated carbocycles. The molecule has 0 radical (unpaired) electrons. The summed E-state index contributed by atoms with van der Waals surface area (Å²) < 4.78 is 0. The van der Waals surface area contributed by atoms with E-state index in [4.69, 9.17) is 10.8 Å². The maximum Gasteiger partial charge on any atom is 0.322 e. The molecule has 0 aliphatic rings. The maximum atomic E-state index is 10.9. The summed E-state index contributed by atoms with van der Waals surface area (Å²) in [6, 6.07) is 3.42.